The van der Waals surface area contributed by atoms with E-state index in [1.54, 1.807) is 6.92 Å². The Kier molecular flexibility index (Phi) is 3.81. The van der Waals surface area contributed by atoms with E-state index < -0.39 is 12.2 Å². The van der Waals surface area contributed by atoms with Crippen LogP contribution in [-0.4, -0.2) is 6.18 Å². The fraction of sp³-hybridized carbons (Fsp3) is 0.429. The van der Waals surface area contributed by atoms with Crippen molar-refractivity contribution >= 4 is 12.4 Å². The van der Waals surface area contributed by atoms with E-state index in [-0.39, 0.29) is 18.2 Å². The summed E-state index contributed by atoms with van der Waals surface area (Å²) < 4.78 is 40.6. The molecule has 0 aliphatic carbocycles. The van der Waals surface area contributed by atoms with Gasteiger partial charge in [0.15, 0.2) is 6.04 Å². The largest absolute Gasteiger partial charge is 0.464 e. The topological polar surface area (TPSA) is 39.2 Å². The summed E-state index contributed by atoms with van der Waals surface area (Å²) in [5.74, 6) is 0.171. The lowest BCUT2D eigenvalue weighted by molar-refractivity contribution is -0.152. The van der Waals surface area contributed by atoms with Gasteiger partial charge in [0, 0.05) is 0 Å². The highest BCUT2D eigenvalue weighted by atomic mass is 35.5. The van der Waals surface area contributed by atoms with Crippen LogP contribution < -0.4 is 5.73 Å². The van der Waals surface area contributed by atoms with Gasteiger partial charge in [-0.1, -0.05) is 0 Å². The molecule has 6 heteroatoms. The van der Waals surface area contributed by atoms with Gasteiger partial charge in [0.25, 0.3) is 0 Å². The summed E-state index contributed by atoms with van der Waals surface area (Å²) in [7, 11) is 0. The van der Waals surface area contributed by atoms with Crippen LogP contribution in [0, 0.1) is 6.92 Å². The van der Waals surface area contributed by atoms with E-state index >= 15 is 0 Å². The normalized spacial score (nSPS) is 13.6. The van der Waals surface area contributed by atoms with Gasteiger partial charge >= 0.3 is 6.18 Å². The van der Waals surface area contributed by atoms with Crippen LogP contribution in [-0.2, 0) is 0 Å². The summed E-state index contributed by atoms with van der Waals surface area (Å²) in [5, 5.41) is 0. The number of hydrogen-bond donors (Lipinski definition) is 1. The maximum Gasteiger partial charge on any atom is 0.410 e. The van der Waals surface area contributed by atoms with Crippen molar-refractivity contribution in [3.8, 4) is 0 Å². The molecule has 76 valence electrons. The van der Waals surface area contributed by atoms with E-state index in [0.29, 0.717) is 5.76 Å². The molecule has 1 heterocycles. The third kappa shape index (κ3) is 2.93. The van der Waals surface area contributed by atoms with Crippen LogP contribution in [0.15, 0.2) is 16.5 Å². The Morgan fingerprint density at radius 3 is 2.23 bits per heavy atom. The first-order valence-electron chi connectivity index (χ1n) is 3.30. The zero-order valence-electron chi connectivity index (χ0n) is 6.76. The second-order valence-electron chi connectivity index (χ2n) is 2.47. The molecule has 1 aromatic heterocycles. The van der Waals surface area contributed by atoms with Gasteiger partial charge in [-0.15, -0.1) is 12.4 Å². The molecule has 0 radical (unpaired) electrons. The SMILES string of the molecule is Cc1ccc([C@H](N)C(F)(F)F)o1.Cl. The summed E-state index contributed by atoms with van der Waals surface area (Å²) in [6.45, 7) is 1.56. The third-order valence-electron chi connectivity index (χ3n) is 1.42. The first-order valence-corrected chi connectivity index (χ1v) is 3.30. The van der Waals surface area contributed by atoms with Crippen LogP contribution in [0.3, 0.4) is 0 Å². The molecule has 0 spiro atoms. The van der Waals surface area contributed by atoms with Crippen molar-refractivity contribution < 1.29 is 17.6 Å². The van der Waals surface area contributed by atoms with Crippen LogP contribution in [0.4, 0.5) is 13.2 Å². The van der Waals surface area contributed by atoms with Gasteiger partial charge in [0.05, 0.1) is 0 Å². The lowest BCUT2D eigenvalue weighted by atomic mass is 10.2. The Morgan fingerprint density at radius 1 is 1.38 bits per heavy atom. The fourth-order valence-electron chi connectivity index (χ4n) is 0.782. The molecule has 2 N–H and O–H groups in total. The molecule has 0 amide bonds. The van der Waals surface area contributed by atoms with Gasteiger partial charge in [-0.05, 0) is 19.1 Å². The molecule has 13 heavy (non-hydrogen) atoms. The molecule has 2 nitrogen and oxygen atoms in total. The monoisotopic (exact) mass is 215 g/mol. The Bertz CT molecular complexity index is 271. The second kappa shape index (κ2) is 4.02. The zero-order chi connectivity index (χ0) is 9.35. The lowest BCUT2D eigenvalue weighted by Crippen LogP contribution is -2.27. The fourth-order valence-corrected chi connectivity index (χ4v) is 0.782. The van der Waals surface area contributed by atoms with Crippen molar-refractivity contribution in [1.82, 2.24) is 0 Å². The molecule has 1 aromatic rings. The first kappa shape index (κ1) is 12.3. The Morgan fingerprint density at radius 2 is 1.92 bits per heavy atom. The van der Waals surface area contributed by atoms with E-state index in [4.69, 9.17) is 10.2 Å². The van der Waals surface area contributed by atoms with Crippen LogP contribution in [0.1, 0.15) is 17.6 Å². The van der Waals surface area contributed by atoms with E-state index in [1.165, 1.54) is 12.1 Å². The summed E-state index contributed by atoms with van der Waals surface area (Å²) in [6.07, 6.45) is -4.44. The zero-order valence-corrected chi connectivity index (χ0v) is 7.58. The van der Waals surface area contributed by atoms with Crippen LogP contribution in [0.25, 0.3) is 0 Å². The number of aryl methyl sites for hydroxylation is 1. The molecular weight excluding hydrogens is 207 g/mol. The van der Waals surface area contributed by atoms with E-state index in [1.807, 2.05) is 0 Å². The average Bonchev–Trinajstić information content (AvgIpc) is 2.32. The number of rotatable bonds is 1. The standard InChI is InChI=1S/C7H8F3NO.ClH/c1-4-2-3-5(12-4)6(11)7(8,9)10;/h2-3,6H,11H2,1H3;1H/t6-;/m0./s1. The maximum absolute atomic E-state index is 12.0. The minimum absolute atomic E-state index is 0. The minimum atomic E-state index is -4.44. The quantitative estimate of drug-likeness (QED) is 0.782. The molecule has 0 bridgehead atoms. The predicted octanol–water partition coefficient (Wildman–Crippen LogP) is 2.57. The second-order valence-corrected chi connectivity index (χ2v) is 2.47. The number of nitrogens with two attached hydrogens (primary N) is 1. The summed E-state index contributed by atoms with van der Waals surface area (Å²) in [5.41, 5.74) is 4.87. The molecule has 0 fully saturated rings. The lowest BCUT2D eigenvalue weighted by Gasteiger charge is -2.12. The number of hydrogen-bond acceptors (Lipinski definition) is 2. The van der Waals surface area contributed by atoms with Crippen molar-refractivity contribution in [2.45, 2.75) is 19.1 Å². The molecule has 0 unspecified atom stereocenters. The van der Waals surface area contributed by atoms with Gasteiger partial charge in [-0.25, -0.2) is 0 Å². The predicted molar refractivity (Wildman–Crippen MR) is 43.7 cm³/mol. The van der Waals surface area contributed by atoms with Crippen LogP contribution in [0.5, 0.6) is 0 Å². The van der Waals surface area contributed by atoms with Gasteiger partial charge in [0.1, 0.15) is 11.5 Å². The summed E-state index contributed by atoms with van der Waals surface area (Å²) >= 11 is 0. The minimum Gasteiger partial charge on any atom is -0.464 e. The first-order chi connectivity index (χ1) is 5.41. The average molecular weight is 216 g/mol. The van der Waals surface area contributed by atoms with Crippen molar-refractivity contribution in [2.24, 2.45) is 5.73 Å². The van der Waals surface area contributed by atoms with Crippen LogP contribution >= 0.6 is 12.4 Å². The van der Waals surface area contributed by atoms with E-state index in [9.17, 15) is 13.2 Å². The van der Waals surface area contributed by atoms with Crippen molar-refractivity contribution in [1.29, 1.82) is 0 Å². The Hall–Kier alpha value is -0.680. The smallest absolute Gasteiger partial charge is 0.410 e. The highest BCUT2D eigenvalue weighted by Gasteiger charge is 2.39. The molecule has 0 saturated heterocycles. The molecule has 0 aliphatic rings. The van der Waals surface area contributed by atoms with Crippen molar-refractivity contribution in [3.63, 3.8) is 0 Å². The number of furan rings is 1. The number of halogens is 4. The summed E-state index contributed by atoms with van der Waals surface area (Å²) in [6, 6.07) is 0.653. The highest BCUT2D eigenvalue weighted by molar-refractivity contribution is 5.85. The summed E-state index contributed by atoms with van der Waals surface area (Å²) in [4.78, 5) is 0. The molecule has 1 rings (SSSR count). The third-order valence-corrected chi connectivity index (χ3v) is 1.42. The Balaban J connectivity index is 0.00000144. The Labute approximate surface area is 79.3 Å². The molecule has 0 aromatic carbocycles. The highest BCUT2D eigenvalue weighted by Crippen LogP contribution is 2.30. The van der Waals surface area contributed by atoms with Crippen molar-refractivity contribution in [3.05, 3.63) is 23.7 Å². The van der Waals surface area contributed by atoms with Gasteiger partial charge in [-0.2, -0.15) is 13.2 Å². The van der Waals surface area contributed by atoms with Gasteiger partial charge < -0.3 is 10.2 Å². The number of alkyl halides is 3. The molecule has 0 aliphatic heterocycles. The molecular formula is C7H9ClF3NO. The maximum atomic E-state index is 12.0. The van der Waals surface area contributed by atoms with E-state index in [0.717, 1.165) is 0 Å². The van der Waals surface area contributed by atoms with Gasteiger partial charge in [0.2, 0.25) is 0 Å². The molecule has 0 saturated carbocycles. The van der Waals surface area contributed by atoms with Gasteiger partial charge in [-0.3, -0.25) is 0 Å². The van der Waals surface area contributed by atoms with Crippen molar-refractivity contribution in [2.75, 3.05) is 0 Å². The van der Waals surface area contributed by atoms with Crippen LogP contribution in [0.2, 0.25) is 0 Å². The van der Waals surface area contributed by atoms with E-state index in [2.05, 4.69) is 0 Å². The molecule has 1 atom stereocenters.